The summed E-state index contributed by atoms with van der Waals surface area (Å²) in [5, 5.41) is 0. The lowest BCUT2D eigenvalue weighted by atomic mass is 10.4. The number of alkyl halides is 3. The Morgan fingerprint density at radius 1 is 1.33 bits per heavy atom. The maximum Gasteiger partial charge on any atom is 0.433 e. The molecular weight excluding hydrogens is 211 g/mol. The molecule has 0 aliphatic rings. The van der Waals surface area contributed by atoms with Gasteiger partial charge in [0, 0.05) is 20.2 Å². The zero-order valence-electron chi connectivity index (χ0n) is 8.13. The second-order valence-electron chi connectivity index (χ2n) is 2.97. The molecule has 8 heteroatoms. The first kappa shape index (κ1) is 11.5. The summed E-state index contributed by atoms with van der Waals surface area (Å²) in [6, 6.07) is 0.743. The average Bonchev–Trinajstić information content (AvgIpc) is 2.15. The van der Waals surface area contributed by atoms with Crippen LogP contribution in [0.2, 0.25) is 0 Å². The molecule has 1 heterocycles. The molecule has 1 aromatic rings. The predicted octanol–water partition coefficient (Wildman–Crippen LogP) is 0.847. The number of rotatable bonds is 2. The van der Waals surface area contributed by atoms with E-state index in [2.05, 4.69) is 15.4 Å². The fourth-order valence-electron chi connectivity index (χ4n) is 0.854. The maximum absolute atomic E-state index is 12.4. The van der Waals surface area contributed by atoms with E-state index in [0.29, 0.717) is 0 Å². The fourth-order valence-corrected chi connectivity index (χ4v) is 0.854. The summed E-state index contributed by atoms with van der Waals surface area (Å²) in [5.41, 5.74) is 1.02. The Bertz CT molecular complexity index is 349. The normalized spacial score (nSPS) is 11.3. The van der Waals surface area contributed by atoms with Crippen molar-refractivity contribution in [1.29, 1.82) is 0 Å². The van der Waals surface area contributed by atoms with E-state index >= 15 is 0 Å². The quantitative estimate of drug-likeness (QED) is 0.572. The first-order valence-electron chi connectivity index (χ1n) is 3.95. The third kappa shape index (κ3) is 2.69. The van der Waals surface area contributed by atoms with Crippen LogP contribution in [0.15, 0.2) is 6.07 Å². The van der Waals surface area contributed by atoms with Crippen molar-refractivity contribution >= 4 is 11.8 Å². The summed E-state index contributed by atoms with van der Waals surface area (Å²) in [6.07, 6.45) is -4.51. The summed E-state index contributed by atoms with van der Waals surface area (Å²) < 4.78 is 37.1. The van der Waals surface area contributed by atoms with E-state index in [4.69, 9.17) is 5.84 Å². The number of nitrogens with two attached hydrogens (primary N) is 1. The molecule has 0 bridgehead atoms. The summed E-state index contributed by atoms with van der Waals surface area (Å²) in [6.45, 7) is 0. The zero-order chi connectivity index (χ0) is 11.6. The molecule has 0 aliphatic heterocycles. The summed E-state index contributed by atoms with van der Waals surface area (Å²) in [5.74, 6) is 4.86. The van der Waals surface area contributed by atoms with Gasteiger partial charge in [0.15, 0.2) is 5.69 Å². The van der Waals surface area contributed by atoms with E-state index < -0.39 is 11.9 Å². The summed E-state index contributed by atoms with van der Waals surface area (Å²) in [4.78, 5) is 8.45. The van der Waals surface area contributed by atoms with Crippen molar-refractivity contribution in [2.45, 2.75) is 6.18 Å². The largest absolute Gasteiger partial charge is 0.433 e. The zero-order valence-corrected chi connectivity index (χ0v) is 8.13. The van der Waals surface area contributed by atoms with Crippen LogP contribution in [-0.4, -0.2) is 24.1 Å². The number of hydrogen-bond acceptors (Lipinski definition) is 5. The molecule has 84 valence electrons. The Balaban J connectivity index is 3.23. The van der Waals surface area contributed by atoms with Crippen molar-refractivity contribution in [2.75, 3.05) is 24.4 Å². The highest BCUT2D eigenvalue weighted by Crippen LogP contribution is 2.29. The number of aromatic nitrogens is 2. The van der Waals surface area contributed by atoms with Gasteiger partial charge in [0.25, 0.3) is 0 Å². The predicted molar refractivity (Wildman–Crippen MR) is 49.2 cm³/mol. The lowest BCUT2D eigenvalue weighted by Crippen LogP contribution is -2.19. The summed E-state index contributed by atoms with van der Waals surface area (Å²) in [7, 11) is 3.07. The van der Waals surface area contributed by atoms with Gasteiger partial charge in [-0.05, 0) is 0 Å². The molecule has 0 atom stereocenters. The molecule has 0 fully saturated rings. The van der Waals surface area contributed by atoms with Gasteiger partial charge in [-0.25, -0.2) is 10.8 Å². The molecular formula is C7H10F3N5. The van der Waals surface area contributed by atoms with Crippen LogP contribution in [-0.2, 0) is 6.18 Å². The molecule has 0 saturated carbocycles. The number of hydrogen-bond donors (Lipinski definition) is 2. The van der Waals surface area contributed by atoms with E-state index in [1.807, 2.05) is 0 Å². The van der Waals surface area contributed by atoms with E-state index in [1.165, 1.54) is 19.0 Å². The lowest BCUT2D eigenvalue weighted by Gasteiger charge is -2.14. The Morgan fingerprint density at radius 2 is 1.93 bits per heavy atom. The molecule has 0 saturated heterocycles. The monoisotopic (exact) mass is 221 g/mol. The Labute approximate surface area is 84.1 Å². The van der Waals surface area contributed by atoms with Gasteiger partial charge in [0.2, 0.25) is 5.95 Å². The van der Waals surface area contributed by atoms with Gasteiger partial charge in [-0.3, -0.25) is 0 Å². The Hall–Kier alpha value is -1.57. The van der Waals surface area contributed by atoms with Crippen molar-refractivity contribution < 1.29 is 13.2 Å². The second-order valence-corrected chi connectivity index (χ2v) is 2.97. The van der Waals surface area contributed by atoms with E-state index in [9.17, 15) is 13.2 Å². The average molecular weight is 221 g/mol. The number of nitrogen functional groups attached to an aromatic ring is 1. The van der Waals surface area contributed by atoms with Gasteiger partial charge < -0.3 is 10.3 Å². The van der Waals surface area contributed by atoms with Crippen LogP contribution in [0.5, 0.6) is 0 Å². The minimum atomic E-state index is -4.51. The topological polar surface area (TPSA) is 67.1 Å². The first-order chi connectivity index (χ1) is 6.84. The molecule has 15 heavy (non-hydrogen) atoms. The van der Waals surface area contributed by atoms with Crippen molar-refractivity contribution in [2.24, 2.45) is 5.84 Å². The molecule has 0 radical (unpaired) electrons. The van der Waals surface area contributed by atoms with Crippen molar-refractivity contribution in [3.63, 3.8) is 0 Å². The van der Waals surface area contributed by atoms with Crippen molar-refractivity contribution in [1.82, 2.24) is 9.97 Å². The van der Waals surface area contributed by atoms with Crippen LogP contribution in [0.1, 0.15) is 5.69 Å². The van der Waals surface area contributed by atoms with E-state index in [0.717, 1.165) is 6.07 Å². The molecule has 0 aliphatic carbocycles. The molecule has 1 rings (SSSR count). The minimum Gasteiger partial charge on any atom is -0.347 e. The lowest BCUT2D eigenvalue weighted by molar-refractivity contribution is -0.141. The number of anilines is 2. The van der Waals surface area contributed by atoms with Gasteiger partial charge in [-0.1, -0.05) is 0 Å². The van der Waals surface area contributed by atoms with Crippen molar-refractivity contribution in [3.05, 3.63) is 11.8 Å². The highest BCUT2D eigenvalue weighted by atomic mass is 19.4. The number of nitrogens with zero attached hydrogens (tertiary/aromatic N) is 3. The molecule has 0 aromatic carbocycles. The highest BCUT2D eigenvalue weighted by molar-refractivity contribution is 5.42. The second kappa shape index (κ2) is 3.89. The SMILES string of the molecule is CN(C)c1nc(NN)cc(C(F)(F)F)n1. The van der Waals surface area contributed by atoms with Crippen LogP contribution >= 0.6 is 0 Å². The maximum atomic E-state index is 12.4. The minimum absolute atomic E-state index is 0.0576. The third-order valence-electron chi connectivity index (χ3n) is 1.55. The smallest absolute Gasteiger partial charge is 0.347 e. The van der Waals surface area contributed by atoms with Crippen LogP contribution in [0, 0.1) is 0 Å². The van der Waals surface area contributed by atoms with Crippen LogP contribution in [0.25, 0.3) is 0 Å². The number of hydrazine groups is 1. The molecule has 0 spiro atoms. The van der Waals surface area contributed by atoms with Crippen LogP contribution in [0.4, 0.5) is 24.9 Å². The highest BCUT2D eigenvalue weighted by Gasteiger charge is 2.33. The number of halogens is 3. The summed E-state index contributed by atoms with van der Waals surface area (Å²) >= 11 is 0. The van der Waals surface area contributed by atoms with E-state index in [1.54, 1.807) is 0 Å². The van der Waals surface area contributed by atoms with Crippen LogP contribution < -0.4 is 16.2 Å². The van der Waals surface area contributed by atoms with Gasteiger partial charge in [-0.15, -0.1) is 0 Å². The standard InChI is InChI=1S/C7H10F3N5/c1-15(2)6-12-4(7(8,9)10)3-5(13-6)14-11/h3H,11H2,1-2H3,(H,12,13,14). The first-order valence-corrected chi connectivity index (χ1v) is 3.95. The molecule has 0 unspecified atom stereocenters. The van der Waals surface area contributed by atoms with Crippen molar-refractivity contribution in [3.8, 4) is 0 Å². The third-order valence-corrected chi connectivity index (χ3v) is 1.55. The van der Waals surface area contributed by atoms with Gasteiger partial charge in [-0.2, -0.15) is 18.2 Å². The van der Waals surface area contributed by atoms with Gasteiger partial charge in [0.05, 0.1) is 0 Å². The van der Waals surface area contributed by atoms with Crippen LogP contribution in [0.3, 0.4) is 0 Å². The molecule has 0 amide bonds. The molecule has 3 N–H and O–H groups in total. The Morgan fingerprint density at radius 3 is 2.33 bits per heavy atom. The van der Waals surface area contributed by atoms with Gasteiger partial charge in [0.1, 0.15) is 5.82 Å². The Kier molecular flexibility index (Phi) is 2.98. The molecule has 1 aromatic heterocycles. The number of nitrogens with one attached hydrogen (secondary N) is 1. The van der Waals surface area contributed by atoms with E-state index in [-0.39, 0.29) is 11.8 Å². The fraction of sp³-hybridized carbons (Fsp3) is 0.429. The van der Waals surface area contributed by atoms with Gasteiger partial charge >= 0.3 is 6.18 Å². The molecule has 5 nitrogen and oxygen atoms in total.